The minimum atomic E-state index is -0.681. The van der Waals surface area contributed by atoms with E-state index in [1.165, 1.54) is 13.1 Å². The van der Waals surface area contributed by atoms with Crippen LogP contribution in [0.4, 0.5) is 0 Å². The Morgan fingerprint density at radius 1 is 1.00 bits per heavy atom. The smallest absolute Gasteiger partial charge is 0.253 e. The van der Waals surface area contributed by atoms with Crippen molar-refractivity contribution in [2.75, 3.05) is 26.2 Å². The largest absolute Gasteiger partial charge is 0.340 e. The molecule has 1 saturated heterocycles. The summed E-state index contributed by atoms with van der Waals surface area (Å²) < 4.78 is 0. The van der Waals surface area contributed by atoms with Gasteiger partial charge in [0.2, 0.25) is 11.8 Å². The summed E-state index contributed by atoms with van der Waals surface area (Å²) in [5.74, 6) is -0.452. The van der Waals surface area contributed by atoms with Crippen LogP contribution in [0.1, 0.15) is 22.8 Å². The normalized spacial score (nSPS) is 15.0. The Morgan fingerprint density at radius 2 is 1.68 bits per heavy atom. The minimum Gasteiger partial charge on any atom is -0.340 e. The molecule has 1 atom stereocenters. The van der Waals surface area contributed by atoms with Crippen LogP contribution in [0.5, 0.6) is 0 Å². The molecule has 3 amide bonds. The fourth-order valence-corrected chi connectivity index (χ4v) is 3.25. The molecule has 0 bridgehead atoms. The van der Waals surface area contributed by atoms with Crippen molar-refractivity contribution >= 4 is 17.7 Å². The average molecular weight is 380 g/mol. The number of carbonyl (C=O) groups excluding carboxylic acids is 3. The van der Waals surface area contributed by atoms with E-state index < -0.39 is 6.04 Å². The van der Waals surface area contributed by atoms with Gasteiger partial charge in [-0.3, -0.25) is 19.4 Å². The molecule has 7 nitrogen and oxygen atoms in total. The van der Waals surface area contributed by atoms with Gasteiger partial charge in [0.25, 0.3) is 5.91 Å². The summed E-state index contributed by atoms with van der Waals surface area (Å²) >= 11 is 0. The Morgan fingerprint density at radius 3 is 2.29 bits per heavy atom. The SMILES string of the molecule is CC(=O)N1CCN(C(=O)C(Cc2ccccc2)NC(=O)c2cccnc2)CC1. The molecule has 2 aromatic rings. The van der Waals surface area contributed by atoms with E-state index >= 15 is 0 Å². The van der Waals surface area contributed by atoms with Gasteiger partial charge in [0.05, 0.1) is 5.56 Å². The Hall–Kier alpha value is -3.22. The van der Waals surface area contributed by atoms with Crippen LogP contribution in [0.25, 0.3) is 0 Å². The Labute approximate surface area is 164 Å². The standard InChI is InChI=1S/C21H24N4O3/c1-16(26)24-10-12-25(13-11-24)21(28)19(14-17-6-3-2-4-7-17)23-20(27)18-8-5-9-22-15-18/h2-9,15,19H,10-14H2,1H3,(H,23,27). The summed E-state index contributed by atoms with van der Waals surface area (Å²) in [5, 5.41) is 2.86. The lowest BCUT2D eigenvalue weighted by atomic mass is 10.0. The van der Waals surface area contributed by atoms with Crippen molar-refractivity contribution in [3.05, 3.63) is 66.0 Å². The average Bonchev–Trinajstić information content (AvgIpc) is 2.74. The number of pyridine rings is 1. The van der Waals surface area contributed by atoms with Gasteiger partial charge in [0.1, 0.15) is 6.04 Å². The van der Waals surface area contributed by atoms with Crippen LogP contribution >= 0.6 is 0 Å². The van der Waals surface area contributed by atoms with Gasteiger partial charge in [0.15, 0.2) is 0 Å². The second kappa shape index (κ2) is 9.12. The van der Waals surface area contributed by atoms with E-state index in [4.69, 9.17) is 0 Å². The number of nitrogens with one attached hydrogen (secondary N) is 1. The first-order valence-electron chi connectivity index (χ1n) is 9.33. The number of benzene rings is 1. The lowest BCUT2D eigenvalue weighted by molar-refractivity contribution is -0.139. The Kier molecular flexibility index (Phi) is 6.37. The monoisotopic (exact) mass is 380 g/mol. The molecule has 1 aromatic carbocycles. The number of piperazine rings is 1. The summed E-state index contributed by atoms with van der Waals surface area (Å²) in [6.45, 7) is 3.48. The van der Waals surface area contributed by atoms with Crippen LogP contribution < -0.4 is 5.32 Å². The zero-order valence-corrected chi connectivity index (χ0v) is 15.9. The second-order valence-electron chi connectivity index (χ2n) is 6.79. The van der Waals surface area contributed by atoms with Gasteiger partial charge in [-0.05, 0) is 17.7 Å². The first-order chi connectivity index (χ1) is 13.5. The van der Waals surface area contributed by atoms with Gasteiger partial charge in [0, 0.05) is 51.9 Å². The predicted molar refractivity (Wildman–Crippen MR) is 104 cm³/mol. The van der Waals surface area contributed by atoms with Crippen molar-refractivity contribution in [1.29, 1.82) is 0 Å². The summed E-state index contributed by atoms with van der Waals surface area (Å²) in [6, 6.07) is 12.3. The van der Waals surface area contributed by atoms with Crippen LogP contribution in [0.15, 0.2) is 54.9 Å². The van der Waals surface area contributed by atoms with Gasteiger partial charge in [-0.2, -0.15) is 0 Å². The summed E-state index contributed by atoms with van der Waals surface area (Å²) in [4.78, 5) is 44.7. The lowest BCUT2D eigenvalue weighted by Gasteiger charge is -2.36. The molecule has 1 aromatic heterocycles. The van der Waals surface area contributed by atoms with E-state index in [1.807, 2.05) is 30.3 Å². The molecule has 0 saturated carbocycles. The molecule has 1 N–H and O–H groups in total. The number of hydrogen-bond donors (Lipinski definition) is 1. The molecular weight excluding hydrogens is 356 g/mol. The highest BCUT2D eigenvalue weighted by Gasteiger charge is 2.29. The van der Waals surface area contributed by atoms with E-state index in [1.54, 1.807) is 28.1 Å². The summed E-state index contributed by atoms with van der Waals surface area (Å²) in [5.41, 5.74) is 1.38. The van der Waals surface area contributed by atoms with E-state index in [2.05, 4.69) is 10.3 Å². The third-order valence-electron chi connectivity index (χ3n) is 4.85. The molecule has 0 spiro atoms. The molecule has 28 heavy (non-hydrogen) atoms. The zero-order valence-electron chi connectivity index (χ0n) is 15.9. The molecule has 146 valence electrons. The molecule has 0 aliphatic carbocycles. The molecule has 0 radical (unpaired) electrons. The van der Waals surface area contributed by atoms with Gasteiger partial charge in [-0.15, -0.1) is 0 Å². The maximum Gasteiger partial charge on any atom is 0.253 e. The van der Waals surface area contributed by atoms with Crippen molar-refractivity contribution in [3.8, 4) is 0 Å². The van der Waals surface area contributed by atoms with E-state index in [0.29, 0.717) is 38.2 Å². The van der Waals surface area contributed by atoms with Gasteiger partial charge in [-0.1, -0.05) is 30.3 Å². The molecule has 1 unspecified atom stereocenters. The summed E-state index contributed by atoms with van der Waals surface area (Å²) in [6.07, 6.45) is 3.47. The maximum absolute atomic E-state index is 13.1. The van der Waals surface area contributed by atoms with Crippen molar-refractivity contribution in [2.24, 2.45) is 0 Å². The van der Waals surface area contributed by atoms with Gasteiger partial charge < -0.3 is 15.1 Å². The van der Waals surface area contributed by atoms with Crippen molar-refractivity contribution < 1.29 is 14.4 Å². The number of nitrogens with zero attached hydrogens (tertiary/aromatic N) is 3. The highest BCUT2D eigenvalue weighted by Crippen LogP contribution is 2.10. The van der Waals surface area contributed by atoms with Crippen LogP contribution in [0.2, 0.25) is 0 Å². The number of hydrogen-bond acceptors (Lipinski definition) is 4. The first-order valence-corrected chi connectivity index (χ1v) is 9.33. The molecule has 2 heterocycles. The number of aromatic nitrogens is 1. The first kappa shape index (κ1) is 19.5. The van der Waals surface area contributed by atoms with Crippen LogP contribution in [-0.2, 0) is 16.0 Å². The fraction of sp³-hybridized carbons (Fsp3) is 0.333. The third-order valence-corrected chi connectivity index (χ3v) is 4.85. The lowest BCUT2D eigenvalue weighted by Crippen LogP contribution is -2.56. The highest BCUT2D eigenvalue weighted by molar-refractivity contribution is 5.97. The van der Waals surface area contributed by atoms with Gasteiger partial charge >= 0.3 is 0 Å². The topological polar surface area (TPSA) is 82.6 Å². The number of amides is 3. The third kappa shape index (κ3) is 4.94. The highest BCUT2D eigenvalue weighted by atomic mass is 16.2. The Balaban J connectivity index is 1.73. The molecule has 7 heteroatoms. The predicted octanol–water partition coefficient (Wildman–Crippen LogP) is 1.11. The van der Waals surface area contributed by atoms with Crippen LogP contribution in [-0.4, -0.2) is 64.7 Å². The van der Waals surface area contributed by atoms with E-state index in [0.717, 1.165) is 5.56 Å². The number of carbonyl (C=O) groups is 3. The fourth-order valence-electron chi connectivity index (χ4n) is 3.25. The second-order valence-corrected chi connectivity index (χ2v) is 6.79. The van der Waals surface area contributed by atoms with Crippen molar-refractivity contribution in [2.45, 2.75) is 19.4 Å². The molecule has 3 rings (SSSR count). The van der Waals surface area contributed by atoms with Crippen molar-refractivity contribution in [1.82, 2.24) is 20.1 Å². The maximum atomic E-state index is 13.1. The summed E-state index contributed by atoms with van der Waals surface area (Å²) in [7, 11) is 0. The number of rotatable bonds is 5. The van der Waals surface area contributed by atoms with E-state index in [-0.39, 0.29) is 17.7 Å². The molecule has 1 aliphatic heterocycles. The van der Waals surface area contributed by atoms with Gasteiger partial charge in [-0.25, -0.2) is 0 Å². The van der Waals surface area contributed by atoms with Crippen LogP contribution in [0.3, 0.4) is 0 Å². The quantitative estimate of drug-likeness (QED) is 0.843. The molecule has 1 fully saturated rings. The molecule has 1 aliphatic rings. The zero-order chi connectivity index (χ0) is 19.9. The van der Waals surface area contributed by atoms with E-state index in [9.17, 15) is 14.4 Å². The Bertz CT molecular complexity index is 818. The minimum absolute atomic E-state index is 0.0119. The van der Waals surface area contributed by atoms with Crippen LogP contribution in [0, 0.1) is 0 Å². The molecular formula is C21H24N4O3. The van der Waals surface area contributed by atoms with Crippen molar-refractivity contribution in [3.63, 3.8) is 0 Å².